The van der Waals surface area contributed by atoms with Gasteiger partial charge in [-0.3, -0.25) is 4.79 Å². The van der Waals surface area contributed by atoms with Crippen LogP contribution >= 0.6 is 0 Å². The molecule has 6 heteroatoms. The molecule has 1 N–H and O–H groups in total. The number of hydrogen-bond acceptors (Lipinski definition) is 3. The number of carbonyl (C=O) groups is 2. The molecule has 0 aromatic heterocycles. The number of ether oxygens (including phenoxy) is 1. The summed E-state index contributed by atoms with van der Waals surface area (Å²) in [5.74, 6) is -0.0706. The number of piperazine rings is 1. The van der Waals surface area contributed by atoms with Crippen LogP contribution < -0.4 is 0 Å². The van der Waals surface area contributed by atoms with Crippen molar-refractivity contribution in [2.45, 2.75) is 20.0 Å². The maximum absolute atomic E-state index is 11.6. The molecule has 0 radical (unpaired) electrons. The molecule has 1 fully saturated rings. The van der Waals surface area contributed by atoms with Gasteiger partial charge in [0.2, 0.25) is 5.91 Å². The molecule has 0 saturated carbocycles. The van der Waals surface area contributed by atoms with Crippen LogP contribution in [0.3, 0.4) is 0 Å². The van der Waals surface area contributed by atoms with Crippen LogP contribution in [0, 0.1) is 0 Å². The van der Waals surface area contributed by atoms with Crippen molar-refractivity contribution in [1.29, 1.82) is 0 Å². The molecule has 0 aromatic carbocycles. The zero-order valence-corrected chi connectivity index (χ0v) is 9.68. The normalized spacial score (nSPS) is 16.7. The van der Waals surface area contributed by atoms with Crippen molar-refractivity contribution >= 4 is 12.0 Å². The van der Waals surface area contributed by atoms with Crippen molar-refractivity contribution in [3.05, 3.63) is 0 Å². The van der Waals surface area contributed by atoms with Crippen LogP contribution in [0.15, 0.2) is 0 Å². The lowest BCUT2D eigenvalue weighted by atomic mass is 10.3. The van der Waals surface area contributed by atoms with Gasteiger partial charge in [-0.1, -0.05) is 0 Å². The van der Waals surface area contributed by atoms with Crippen LogP contribution in [0.5, 0.6) is 0 Å². The summed E-state index contributed by atoms with van der Waals surface area (Å²) in [6, 6.07) is 0. The van der Waals surface area contributed by atoms with Crippen molar-refractivity contribution in [3.63, 3.8) is 0 Å². The first-order valence-electron chi connectivity index (χ1n) is 5.38. The first-order chi connectivity index (χ1) is 7.50. The second-order valence-corrected chi connectivity index (χ2v) is 4.01. The molecule has 6 nitrogen and oxygen atoms in total. The highest BCUT2D eigenvalue weighted by Gasteiger charge is 2.23. The molecule has 1 heterocycles. The molecule has 2 amide bonds. The van der Waals surface area contributed by atoms with Gasteiger partial charge in [-0.2, -0.15) is 0 Å². The maximum Gasteiger partial charge on any atom is 0.407 e. The quantitative estimate of drug-likeness (QED) is 0.753. The lowest BCUT2D eigenvalue weighted by molar-refractivity contribution is -0.139. The third kappa shape index (κ3) is 3.69. The Balaban J connectivity index is 2.30. The smallest absolute Gasteiger partial charge is 0.407 e. The zero-order valence-electron chi connectivity index (χ0n) is 9.68. The summed E-state index contributed by atoms with van der Waals surface area (Å²) in [5, 5.41) is 8.74. The summed E-state index contributed by atoms with van der Waals surface area (Å²) >= 11 is 0. The standard InChI is InChI=1S/C10H18N2O4/c1-8(2)16-7-9(13)11-3-5-12(6-4-11)10(14)15/h8H,3-7H2,1-2H3,(H,14,15). The highest BCUT2D eigenvalue weighted by molar-refractivity contribution is 5.77. The van der Waals surface area contributed by atoms with Crippen molar-refractivity contribution in [1.82, 2.24) is 9.80 Å². The van der Waals surface area contributed by atoms with Crippen LogP contribution in [0.1, 0.15) is 13.8 Å². The van der Waals surface area contributed by atoms with Crippen LogP contribution in [0.25, 0.3) is 0 Å². The molecule has 1 aliphatic rings. The van der Waals surface area contributed by atoms with Crippen LogP contribution in [-0.4, -0.2) is 65.8 Å². The van der Waals surface area contributed by atoms with E-state index >= 15 is 0 Å². The molecule has 92 valence electrons. The number of amides is 2. The van der Waals surface area contributed by atoms with Crippen molar-refractivity contribution in [2.75, 3.05) is 32.8 Å². The number of carboxylic acid groups (broad SMARTS) is 1. The molecule has 1 rings (SSSR count). The topological polar surface area (TPSA) is 70.1 Å². The Labute approximate surface area is 94.8 Å². The second-order valence-electron chi connectivity index (χ2n) is 4.01. The minimum absolute atomic E-state index is 0.0317. The predicted molar refractivity (Wildman–Crippen MR) is 57.3 cm³/mol. The number of hydrogen-bond donors (Lipinski definition) is 1. The summed E-state index contributed by atoms with van der Waals surface area (Å²) in [7, 11) is 0. The minimum Gasteiger partial charge on any atom is -0.465 e. The summed E-state index contributed by atoms with van der Waals surface area (Å²) < 4.78 is 5.21. The molecule has 0 aromatic rings. The lowest BCUT2D eigenvalue weighted by Crippen LogP contribution is -2.51. The van der Waals surface area contributed by atoms with E-state index in [1.807, 2.05) is 13.8 Å². The molecule has 16 heavy (non-hydrogen) atoms. The molecule has 0 spiro atoms. The van der Waals surface area contributed by atoms with E-state index in [0.717, 1.165) is 0 Å². The predicted octanol–water partition coefficient (Wildman–Crippen LogP) is 0.234. The van der Waals surface area contributed by atoms with Gasteiger partial charge in [-0.15, -0.1) is 0 Å². The molecule has 0 bridgehead atoms. The van der Waals surface area contributed by atoms with E-state index in [9.17, 15) is 9.59 Å². The Morgan fingerprint density at radius 2 is 1.69 bits per heavy atom. The fourth-order valence-corrected chi connectivity index (χ4v) is 1.48. The molecule has 0 unspecified atom stereocenters. The first kappa shape index (κ1) is 12.8. The minimum atomic E-state index is -0.925. The van der Waals surface area contributed by atoms with E-state index in [1.54, 1.807) is 4.90 Å². The fraction of sp³-hybridized carbons (Fsp3) is 0.800. The van der Waals surface area contributed by atoms with Crippen LogP contribution in [0.2, 0.25) is 0 Å². The summed E-state index contributed by atoms with van der Waals surface area (Å²) in [6.07, 6.45) is -0.894. The van der Waals surface area contributed by atoms with Crippen LogP contribution in [-0.2, 0) is 9.53 Å². The average molecular weight is 230 g/mol. The van der Waals surface area contributed by atoms with E-state index in [2.05, 4.69) is 0 Å². The van der Waals surface area contributed by atoms with Gasteiger partial charge in [0.05, 0.1) is 6.10 Å². The highest BCUT2D eigenvalue weighted by atomic mass is 16.5. The first-order valence-corrected chi connectivity index (χ1v) is 5.38. The summed E-state index contributed by atoms with van der Waals surface area (Å²) in [5.41, 5.74) is 0. The van der Waals surface area contributed by atoms with Gasteiger partial charge in [-0.25, -0.2) is 4.79 Å². The SMILES string of the molecule is CC(C)OCC(=O)N1CCN(C(=O)O)CC1. The molecule has 0 aliphatic carbocycles. The number of rotatable bonds is 3. The van der Waals surface area contributed by atoms with E-state index in [4.69, 9.17) is 9.84 Å². The Hall–Kier alpha value is -1.30. The van der Waals surface area contributed by atoms with E-state index in [1.165, 1.54) is 4.90 Å². The van der Waals surface area contributed by atoms with Gasteiger partial charge in [0.15, 0.2) is 0 Å². The monoisotopic (exact) mass is 230 g/mol. The molecule has 1 aliphatic heterocycles. The van der Waals surface area contributed by atoms with Gasteiger partial charge in [-0.05, 0) is 13.8 Å². The Bertz CT molecular complexity index is 260. The van der Waals surface area contributed by atoms with Crippen molar-refractivity contribution in [2.24, 2.45) is 0 Å². The van der Waals surface area contributed by atoms with E-state index in [-0.39, 0.29) is 18.6 Å². The largest absolute Gasteiger partial charge is 0.465 e. The third-order valence-corrected chi connectivity index (χ3v) is 2.44. The van der Waals surface area contributed by atoms with Gasteiger partial charge in [0.25, 0.3) is 0 Å². The van der Waals surface area contributed by atoms with Crippen LogP contribution in [0.4, 0.5) is 4.79 Å². The molecular formula is C10H18N2O4. The zero-order chi connectivity index (χ0) is 12.1. The Morgan fingerprint density at radius 1 is 1.19 bits per heavy atom. The molecular weight excluding hydrogens is 212 g/mol. The van der Waals surface area contributed by atoms with Crippen molar-refractivity contribution < 1.29 is 19.4 Å². The molecule has 1 saturated heterocycles. The van der Waals surface area contributed by atoms with Gasteiger partial charge in [0, 0.05) is 26.2 Å². The highest BCUT2D eigenvalue weighted by Crippen LogP contribution is 2.03. The third-order valence-electron chi connectivity index (χ3n) is 2.44. The second kappa shape index (κ2) is 5.69. The Morgan fingerprint density at radius 3 is 2.12 bits per heavy atom. The van der Waals surface area contributed by atoms with Gasteiger partial charge >= 0.3 is 6.09 Å². The Kier molecular flexibility index (Phi) is 4.54. The fourth-order valence-electron chi connectivity index (χ4n) is 1.48. The van der Waals surface area contributed by atoms with Gasteiger partial charge < -0.3 is 19.6 Å². The van der Waals surface area contributed by atoms with Crippen molar-refractivity contribution in [3.8, 4) is 0 Å². The number of carbonyl (C=O) groups excluding carboxylic acids is 1. The molecule has 0 atom stereocenters. The van der Waals surface area contributed by atoms with E-state index in [0.29, 0.717) is 26.2 Å². The number of nitrogens with zero attached hydrogens (tertiary/aromatic N) is 2. The van der Waals surface area contributed by atoms with E-state index < -0.39 is 6.09 Å². The lowest BCUT2D eigenvalue weighted by Gasteiger charge is -2.33. The van der Waals surface area contributed by atoms with Gasteiger partial charge in [0.1, 0.15) is 6.61 Å². The maximum atomic E-state index is 11.6. The summed E-state index contributed by atoms with van der Waals surface area (Å²) in [4.78, 5) is 25.2. The average Bonchev–Trinajstić information content (AvgIpc) is 2.26. The summed E-state index contributed by atoms with van der Waals surface area (Å²) in [6.45, 7) is 5.47.